The molecule has 18 heavy (non-hydrogen) atoms. The van der Waals surface area contributed by atoms with Crippen molar-refractivity contribution in [3.63, 3.8) is 0 Å². The summed E-state index contributed by atoms with van der Waals surface area (Å²) in [7, 11) is 0. The molecule has 1 heterocycles. The van der Waals surface area contributed by atoms with E-state index in [9.17, 15) is 4.79 Å². The molecule has 2 atom stereocenters. The molecule has 0 aromatic heterocycles. The SMILES string of the molecule is CC1SCCN(C(=O)c2ccccc2NN)C1C. The summed E-state index contributed by atoms with van der Waals surface area (Å²) in [5.41, 5.74) is 3.91. The third kappa shape index (κ3) is 2.47. The Hall–Kier alpha value is -1.20. The number of carbonyl (C=O) groups is 1. The minimum atomic E-state index is 0.0585. The van der Waals surface area contributed by atoms with E-state index in [0.717, 1.165) is 12.3 Å². The number of benzene rings is 1. The molecule has 0 spiro atoms. The molecular weight excluding hydrogens is 246 g/mol. The summed E-state index contributed by atoms with van der Waals surface area (Å²) < 4.78 is 0. The molecule has 1 aromatic rings. The Labute approximate surface area is 112 Å². The van der Waals surface area contributed by atoms with E-state index in [2.05, 4.69) is 19.3 Å². The molecule has 1 aliphatic rings. The van der Waals surface area contributed by atoms with Crippen LogP contribution in [0.2, 0.25) is 0 Å². The smallest absolute Gasteiger partial charge is 0.256 e. The van der Waals surface area contributed by atoms with Crippen LogP contribution in [-0.2, 0) is 0 Å². The van der Waals surface area contributed by atoms with Gasteiger partial charge in [0.25, 0.3) is 5.91 Å². The molecule has 0 saturated carbocycles. The molecule has 4 nitrogen and oxygen atoms in total. The van der Waals surface area contributed by atoms with Gasteiger partial charge in [-0.1, -0.05) is 19.1 Å². The average Bonchev–Trinajstić information content (AvgIpc) is 2.41. The zero-order valence-electron chi connectivity index (χ0n) is 10.7. The molecule has 1 amide bonds. The highest BCUT2D eigenvalue weighted by Gasteiger charge is 2.30. The van der Waals surface area contributed by atoms with Crippen LogP contribution in [0.4, 0.5) is 5.69 Å². The van der Waals surface area contributed by atoms with Crippen molar-refractivity contribution < 1.29 is 4.79 Å². The first-order valence-electron chi connectivity index (χ1n) is 6.13. The van der Waals surface area contributed by atoms with E-state index in [-0.39, 0.29) is 11.9 Å². The van der Waals surface area contributed by atoms with Crippen molar-refractivity contribution in [1.82, 2.24) is 4.90 Å². The van der Waals surface area contributed by atoms with E-state index in [1.54, 1.807) is 0 Å². The van der Waals surface area contributed by atoms with Crippen LogP contribution >= 0.6 is 11.8 Å². The first kappa shape index (κ1) is 13.2. The lowest BCUT2D eigenvalue weighted by Crippen LogP contribution is -2.48. The lowest BCUT2D eigenvalue weighted by atomic mass is 10.1. The number of carbonyl (C=O) groups excluding carboxylic acids is 1. The van der Waals surface area contributed by atoms with Gasteiger partial charge in [0.1, 0.15) is 0 Å². The molecule has 1 saturated heterocycles. The fourth-order valence-corrected chi connectivity index (χ4v) is 3.27. The van der Waals surface area contributed by atoms with E-state index < -0.39 is 0 Å². The van der Waals surface area contributed by atoms with Crippen LogP contribution in [0, 0.1) is 0 Å². The van der Waals surface area contributed by atoms with Crippen LogP contribution in [0.1, 0.15) is 24.2 Å². The van der Waals surface area contributed by atoms with Crippen LogP contribution in [-0.4, -0.2) is 34.4 Å². The number of hydrogen-bond donors (Lipinski definition) is 2. The molecule has 3 N–H and O–H groups in total. The topological polar surface area (TPSA) is 58.4 Å². The Morgan fingerprint density at radius 2 is 2.17 bits per heavy atom. The summed E-state index contributed by atoms with van der Waals surface area (Å²) in [6.07, 6.45) is 0. The average molecular weight is 265 g/mol. The highest BCUT2D eigenvalue weighted by molar-refractivity contribution is 8.00. The van der Waals surface area contributed by atoms with Gasteiger partial charge in [-0.05, 0) is 19.1 Å². The number of anilines is 1. The van der Waals surface area contributed by atoms with E-state index in [4.69, 9.17) is 5.84 Å². The van der Waals surface area contributed by atoms with E-state index in [0.29, 0.717) is 16.5 Å². The normalized spacial score (nSPS) is 23.8. The summed E-state index contributed by atoms with van der Waals surface area (Å²) in [5, 5.41) is 0.473. The van der Waals surface area contributed by atoms with Crippen LogP contribution in [0.5, 0.6) is 0 Å². The summed E-state index contributed by atoms with van der Waals surface area (Å²) >= 11 is 1.92. The molecule has 5 heteroatoms. The zero-order valence-corrected chi connectivity index (χ0v) is 11.5. The number of hydrazine groups is 1. The van der Waals surface area contributed by atoms with Crippen molar-refractivity contribution in [3.05, 3.63) is 29.8 Å². The van der Waals surface area contributed by atoms with Crippen molar-refractivity contribution in [2.24, 2.45) is 5.84 Å². The van der Waals surface area contributed by atoms with Gasteiger partial charge in [0.05, 0.1) is 11.3 Å². The molecule has 2 rings (SSSR count). The standard InChI is InChI=1S/C13H19N3OS/c1-9-10(2)18-8-7-16(9)13(17)11-5-3-4-6-12(11)15-14/h3-6,9-10,15H,7-8,14H2,1-2H3. The van der Waals surface area contributed by atoms with Gasteiger partial charge < -0.3 is 10.3 Å². The molecule has 2 unspecified atom stereocenters. The first-order chi connectivity index (χ1) is 8.65. The number of nitrogens with two attached hydrogens (primary N) is 1. The Balaban J connectivity index is 2.25. The van der Waals surface area contributed by atoms with Crippen LogP contribution in [0.25, 0.3) is 0 Å². The monoisotopic (exact) mass is 265 g/mol. The number of nitrogens with zero attached hydrogens (tertiary/aromatic N) is 1. The minimum Gasteiger partial charge on any atom is -0.334 e. The van der Waals surface area contributed by atoms with Crippen molar-refractivity contribution in [2.45, 2.75) is 25.1 Å². The predicted octanol–water partition coefficient (Wildman–Crippen LogP) is 1.94. The Kier molecular flexibility index (Phi) is 4.14. The number of nitrogens with one attached hydrogen (secondary N) is 1. The predicted molar refractivity (Wildman–Crippen MR) is 76.7 cm³/mol. The van der Waals surface area contributed by atoms with Crippen molar-refractivity contribution >= 4 is 23.4 Å². The van der Waals surface area contributed by atoms with Crippen molar-refractivity contribution in [1.29, 1.82) is 0 Å². The van der Waals surface area contributed by atoms with Crippen LogP contribution in [0.3, 0.4) is 0 Å². The van der Waals surface area contributed by atoms with Gasteiger partial charge in [-0.2, -0.15) is 11.8 Å². The Bertz CT molecular complexity index is 438. The molecule has 1 fully saturated rings. The molecule has 98 valence electrons. The van der Waals surface area contributed by atoms with Gasteiger partial charge in [0.15, 0.2) is 0 Å². The lowest BCUT2D eigenvalue weighted by molar-refractivity contribution is 0.0699. The molecule has 1 aliphatic heterocycles. The molecule has 0 bridgehead atoms. The number of amides is 1. The van der Waals surface area contributed by atoms with Gasteiger partial charge in [-0.15, -0.1) is 0 Å². The largest absolute Gasteiger partial charge is 0.334 e. The Morgan fingerprint density at radius 1 is 1.44 bits per heavy atom. The number of thioether (sulfide) groups is 1. The minimum absolute atomic E-state index is 0.0585. The van der Waals surface area contributed by atoms with Gasteiger partial charge in [-0.25, -0.2) is 0 Å². The maximum absolute atomic E-state index is 12.6. The van der Waals surface area contributed by atoms with E-state index in [1.165, 1.54) is 0 Å². The summed E-state index contributed by atoms with van der Waals surface area (Å²) in [4.78, 5) is 14.5. The number of nitrogen functional groups attached to an aromatic ring is 1. The lowest BCUT2D eigenvalue weighted by Gasteiger charge is -2.37. The second-order valence-corrected chi connectivity index (χ2v) is 5.99. The highest BCUT2D eigenvalue weighted by atomic mass is 32.2. The molecular formula is C13H19N3OS. The fourth-order valence-electron chi connectivity index (χ4n) is 2.17. The van der Waals surface area contributed by atoms with Gasteiger partial charge in [0.2, 0.25) is 0 Å². The van der Waals surface area contributed by atoms with E-state index >= 15 is 0 Å². The summed E-state index contributed by atoms with van der Waals surface area (Å²) in [5.74, 6) is 6.51. The second kappa shape index (κ2) is 5.63. The second-order valence-electron chi connectivity index (χ2n) is 4.50. The fraction of sp³-hybridized carbons (Fsp3) is 0.462. The van der Waals surface area contributed by atoms with Gasteiger partial charge in [0, 0.05) is 23.6 Å². The van der Waals surface area contributed by atoms with Gasteiger partial charge >= 0.3 is 0 Å². The first-order valence-corrected chi connectivity index (χ1v) is 7.18. The Morgan fingerprint density at radius 3 is 2.89 bits per heavy atom. The summed E-state index contributed by atoms with van der Waals surface area (Å²) in [6, 6.07) is 7.61. The van der Waals surface area contributed by atoms with Gasteiger partial charge in [-0.3, -0.25) is 10.6 Å². The quantitative estimate of drug-likeness (QED) is 0.634. The number of para-hydroxylation sites is 1. The zero-order chi connectivity index (χ0) is 13.1. The molecule has 0 aliphatic carbocycles. The number of hydrogen-bond acceptors (Lipinski definition) is 4. The maximum Gasteiger partial charge on any atom is 0.256 e. The van der Waals surface area contributed by atoms with Crippen LogP contribution < -0.4 is 11.3 Å². The molecule has 1 aromatic carbocycles. The third-order valence-electron chi connectivity index (χ3n) is 3.46. The maximum atomic E-state index is 12.6. The van der Waals surface area contributed by atoms with Crippen molar-refractivity contribution in [3.8, 4) is 0 Å². The molecule has 0 radical (unpaired) electrons. The summed E-state index contributed by atoms with van der Waals surface area (Å²) in [6.45, 7) is 5.07. The third-order valence-corrected chi connectivity index (χ3v) is 4.80. The van der Waals surface area contributed by atoms with Crippen molar-refractivity contribution in [2.75, 3.05) is 17.7 Å². The number of rotatable bonds is 2. The highest BCUT2D eigenvalue weighted by Crippen LogP contribution is 2.27. The van der Waals surface area contributed by atoms with E-state index in [1.807, 2.05) is 40.9 Å². The van der Waals surface area contributed by atoms with Crippen LogP contribution in [0.15, 0.2) is 24.3 Å².